The molecule has 0 bridgehead atoms. The largest absolute Gasteiger partial charge is 0.378 e. The van der Waals surface area contributed by atoms with Gasteiger partial charge in [0.1, 0.15) is 5.78 Å². The van der Waals surface area contributed by atoms with Crippen molar-refractivity contribution in [2.24, 2.45) is 11.8 Å². The second-order valence-electron chi connectivity index (χ2n) is 8.77. The van der Waals surface area contributed by atoms with Gasteiger partial charge in [0.05, 0.1) is 18.3 Å². The van der Waals surface area contributed by atoms with Crippen LogP contribution in [0, 0.1) is 11.8 Å². The van der Waals surface area contributed by atoms with Gasteiger partial charge in [-0.2, -0.15) is 0 Å². The predicted molar refractivity (Wildman–Crippen MR) is 107 cm³/mol. The Bertz CT molecular complexity index is 461. The highest BCUT2D eigenvalue weighted by Crippen LogP contribution is 2.25. The summed E-state index contributed by atoms with van der Waals surface area (Å²) in [6.45, 7) is 10.2. The van der Waals surface area contributed by atoms with Crippen LogP contribution in [-0.4, -0.2) is 54.6 Å². The minimum atomic E-state index is 0.0985. The summed E-state index contributed by atoms with van der Waals surface area (Å²) in [4.78, 5) is 26.4. The Morgan fingerprint density at radius 3 is 2.07 bits per heavy atom. The lowest BCUT2D eigenvalue weighted by Gasteiger charge is -2.32. The molecule has 1 saturated carbocycles. The highest BCUT2D eigenvalue weighted by Gasteiger charge is 2.28. The second kappa shape index (κ2) is 11.2. The number of nitrogens with zero attached hydrogens (tertiary/aromatic N) is 1. The molecule has 1 aliphatic heterocycles. The van der Waals surface area contributed by atoms with Crippen molar-refractivity contribution in [1.82, 2.24) is 4.90 Å². The molecule has 2 rings (SSSR count). The Labute approximate surface area is 165 Å². The summed E-state index contributed by atoms with van der Waals surface area (Å²) in [6.07, 6.45) is 8.25. The number of rotatable bonds is 9. The second-order valence-corrected chi connectivity index (χ2v) is 8.77. The average molecular weight is 382 g/mol. The van der Waals surface area contributed by atoms with E-state index in [9.17, 15) is 9.59 Å². The van der Waals surface area contributed by atoms with Crippen LogP contribution in [0.25, 0.3) is 0 Å². The number of Topliss-reactive ketones (excluding diaryl/α,β-unsaturated/α-hetero) is 1. The number of amides is 1. The smallest absolute Gasteiger partial charge is 0.222 e. The molecule has 2 aliphatic rings. The maximum Gasteiger partial charge on any atom is 0.222 e. The van der Waals surface area contributed by atoms with E-state index in [1.165, 1.54) is 0 Å². The van der Waals surface area contributed by atoms with E-state index in [0.29, 0.717) is 37.1 Å². The van der Waals surface area contributed by atoms with Crippen molar-refractivity contribution in [3.63, 3.8) is 0 Å². The summed E-state index contributed by atoms with van der Waals surface area (Å²) in [5, 5.41) is 0. The van der Waals surface area contributed by atoms with Crippen molar-refractivity contribution >= 4 is 11.7 Å². The van der Waals surface area contributed by atoms with Gasteiger partial charge in [-0.1, -0.05) is 13.8 Å². The van der Waals surface area contributed by atoms with Crippen molar-refractivity contribution in [3.05, 3.63) is 0 Å². The zero-order valence-corrected chi connectivity index (χ0v) is 17.7. The van der Waals surface area contributed by atoms with Gasteiger partial charge in [-0.05, 0) is 58.8 Å². The molecule has 1 heterocycles. The number of hydrogen-bond acceptors (Lipinski definition) is 4. The molecule has 5 heteroatoms. The highest BCUT2D eigenvalue weighted by atomic mass is 16.5. The van der Waals surface area contributed by atoms with Crippen molar-refractivity contribution in [1.29, 1.82) is 0 Å². The van der Waals surface area contributed by atoms with Crippen LogP contribution in [0.1, 0.15) is 79.1 Å². The van der Waals surface area contributed by atoms with Crippen molar-refractivity contribution in [2.75, 3.05) is 19.7 Å². The van der Waals surface area contributed by atoms with Gasteiger partial charge in [-0.25, -0.2) is 0 Å². The molecule has 0 radical (unpaired) electrons. The third-order valence-electron chi connectivity index (χ3n) is 5.79. The normalized spacial score (nSPS) is 24.6. The number of likely N-dealkylation sites (tertiary alicyclic amines) is 1. The highest BCUT2D eigenvalue weighted by molar-refractivity contribution is 5.83. The number of carbonyl (C=O) groups excluding carboxylic acids is 2. The number of piperidine rings is 1. The Kier molecular flexibility index (Phi) is 9.24. The average Bonchev–Trinajstić information content (AvgIpc) is 2.65. The molecule has 27 heavy (non-hydrogen) atoms. The Morgan fingerprint density at radius 1 is 0.926 bits per heavy atom. The molecular weight excluding hydrogens is 342 g/mol. The van der Waals surface area contributed by atoms with E-state index in [-0.39, 0.29) is 17.7 Å². The molecule has 156 valence electrons. The molecular formula is C22H39NO4. The van der Waals surface area contributed by atoms with Crippen LogP contribution in [0.4, 0.5) is 0 Å². The molecule has 1 saturated heterocycles. The van der Waals surface area contributed by atoms with Crippen LogP contribution in [0.15, 0.2) is 0 Å². The van der Waals surface area contributed by atoms with Crippen LogP contribution in [-0.2, 0) is 19.1 Å². The lowest BCUT2D eigenvalue weighted by molar-refractivity contribution is -0.136. The van der Waals surface area contributed by atoms with Crippen molar-refractivity contribution in [2.45, 2.75) is 97.4 Å². The minimum Gasteiger partial charge on any atom is -0.378 e. The summed E-state index contributed by atoms with van der Waals surface area (Å²) in [6, 6.07) is 0. The first kappa shape index (κ1) is 22.4. The van der Waals surface area contributed by atoms with E-state index >= 15 is 0 Å². The SMILES string of the molecule is CC(C)OC1CCC(OCCCC(=O)N2CCC(C(=O)C(C)C)CC2)CC1. The first-order valence-electron chi connectivity index (χ1n) is 10.9. The van der Waals surface area contributed by atoms with Crippen LogP contribution < -0.4 is 0 Å². The lowest BCUT2D eigenvalue weighted by Crippen LogP contribution is -2.41. The number of ketones is 1. The molecule has 1 aliphatic carbocycles. The summed E-state index contributed by atoms with van der Waals surface area (Å²) in [5.41, 5.74) is 0. The third-order valence-corrected chi connectivity index (χ3v) is 5.79. The summed E-state index contributed by atoms with van der Waals surface area (Å²) in [5.74, 6) is 0.806. The molecule has 0 atom stereocenters. The van der Waals surface area contributed by atoms with E-state index in [1.54, 1.807) is 0 Å². The molecule has 0 aromatic rings. The van der Waals surface area contributed by atoms with Crippen LogP contribution in [0.2, 0.25) is 0 Å². The number of carbonyl (C=O) groups is 2. The standard InChI is InChI=1S/C22H39NO4/c1-16(2)22(25)18-11-13-23(14-12-18)21(24)6-5-15-26-19-7-9-20(10-8-19)27-17(3)4/h16-20H,5-15H2,1-4H3. The van der Waals surface area contributed by atoms with E-state index < -0.39 is 0 Å². The summed E-state index contributed by atoms with van der Waals surface area (Å²) in [7, 11) is 0. The predicted octanol–water partition coefficient (Wildman–Crippen LogP) is 3.98. The monoisotopic (exact) mass is 381 g/mol. The maximum atomic E-state index is 12.4. The quantitative estimate of drug-likeness (QED) is 0.567. The molecule has 2 fully saturated rings. The van der Waals surface area contributed by atoms with E-state index in [0.717, 1.165) is 58.0 Å². The van der Waals surface area contributed by atoms with Gasteiger partial charge in [-0.3, -0.25) is 9.59 Å². The molecule has 0 aromatic carbocycles. The van der Waals surface area contributed by atoms with Crippen molar-refractivity contribution in [3.8, 4) is 0 Å². The minimum absolute atomic E-state index is 0.0985. The number of ether oxygens (including phenoxy) is 2. The van der Waals surface area contributed by atoms with Gasteiger partial charge in [0.25, 0.3) is 0 Å². The van der Waals surface area contributed by atoms with Crippen LogP contribution >= 0.6 is 0 Å². The van der Waals surface area contributed by atoms with E-state index in [2.05, 4.69) is 13.8 Å². The fourth-order valence-electron chi connectivity index (χ4n) is 4.24. The topological polar surface area (TPSA) is 55.8 Å². The van der Waals surface area contributed by atoms with Gasteiger partial charge >= 0.3 is 0 Å². The van der Waals surface area contributed by atoms with Gasteiger partial charge < -0.3 is 14.4 Å². The molecule has 1 amide bonds. The summed E-state index contributed by atoms with van der Waals surface area (Å²) >= 11 is 0. The van der Waals surface area contributed by atoms with E-state index in [4.69, 9.17) is 9.47 Å². The third kappa shape index (κ3) is 7.53. The Morgan fingerprint density at radius 2 is 1.52 bits per heavy atom. The molecule has 5 nitrogen and oxygen atoms in total. The Hall–Kier alpha value is -0.940. The van der Waals surface area contributed by atoms with E-state index in [1.807, 2.05) is 18.7 Å². The van der Waals surface area contributed by atoms with Gasteiger partial charge in [-0.15, -0.1) is 0 Å². The first-order valence-corrected chi connectivity index (χ1v) is 10.9. The molecule has 0 unspecified atom stereocenters. The van der Waals surface area contributed by atoms with Crippen LogP contribution in [0.3, 0.4) is 0 Å². The van der Waals surface area contributed by atoms with Crippen LogP contribution in [0.5, 0.6) is 0 Å². The number of hydrogen-bond donors (Lipinski definition) is 0. The summed E-state index contributed by atoms with van der Waals surface area (Å²) < 4.78 is 11.9. The van der Waals surface area contributed by atoms with Gasteiger partial charge in [0, 0.05) is 38.0 Å². The molecule has 0 spiro atoms. The maximum absolute atomic E-state index is 12.4. The van der Waals surface area contributed by atoms with Gasteiger partial charge in [0.2, 0.25) is 5.91 Å². The molecule has 0 N–H and O–H groups in total. The fraction of sp³-hybridized carbons (Fsp3) is 0.909. The Balaban J connectivity index is 1.55. The lowest BCUT2D eigenvalue weighted by atomic mass is 9.87. The zero-order chi connectivity index (χ0) is 19.8. The van der Waals surface area contributed by atoms with Gasteiger partial charge in [0.15, 0.2) is 0 Å². The first-order chi connectivity index (χ1) is 12.9. The van der Waals surface area contributed by atoms with Crippen molar-refractivity contribution < 1.29 is 19.1 Å². The fourth-order valence-corrected chi connectivity index (χ4v) is 4.24. The molecule has 0 aromatic heterocycles. The zero-order valence-electron chi connectivity index (χ0n) is 17.7.